The summed E-state index contributed by atoms with van der Waals surface area (Å²) in [5.41, 5.74) is 0. The van der Waals surface area contributed by atoms with E-state index in [-0.39, 0.29) is 17.7 Å². The zero-order chi connectivity index (χ0) is 17.5. The molecule has 0 radical (unpaired) electrons. The minimum Gasteiger partial charge on any atom is -0.461 e. The molecule has 0 saturated heterocycles. The number of amides is 1. The van der Waals surface area contributed by atoms with Crippen molar-refractivity contribution in [3.05, 3.63) is 18.4 Å². The third-order valence-electron chi connectivity index (χ3n) is 3.16. The lowest BCUT2D eigenvalue weighted by atomic mass is 10.2. The summed E-state index contributed by atoms with van der Waals surface area (Å²) in [6, 6.07) is 3.66. The van der Waals surface area contributed by atoms with Gasteiger partial charge in [-0.1, -0.05) is 25.6 Å². The first-order valence-corrected chi connectivity index (χ1v) is 8.88. The molecule has 1 amide bonds. The van der Waals surface area contributed by atoms with E-state index in [0.717, 1.165) is 6.54 Å². The van der Waals surface area contributed by atoms with Gasteiger partial charge in [0, 0.05) is 19.7 Å². The molecule has 7 nitrogen and oxygen atoms in total. The van der Waals surface area contributed by atoms with Gasteiger partial charge < -0.3 is 14.5 Å². The highest BCUT2D eigenvalue weighted by molar-refractivity contribution is 7.99. The average Bonchev–Trinajstić information content (AvgIpc) is 3.14. The van der Waals surface area contributed by atoms with E-state index >= 15 is 0 Å². The van der Waals surface area contributed by atoms with Gasteiger partial charge in [-0.05, 0) is 25.0 Å². The van der Waals surface area contributed by atoms with Gasteiger partial charge in [-0.25, -0.2) is 0 Å². The molecule has 2 rings (SSSR count). The van der Waals surface area contributed by atoms with Gasteiger partial charge >= 0.3 is 0 Å². The van der Waals surface area contributed by atoms with E-state index in [0.29, 0.717) is 29.3 Å². The SMILES string of the molecule is COCC(C)NC(=O)CSc1nnc(-c2ccco2)n1CC(C)C. The van der Waals surface area contributed by atoms with Crippen LogP contribution in [0.5, 0.6) is 0 Å². The molecule has 132 valence electrons. The van der Waals surface area contributed by atoms with Crippen LogP contribution in [-0.4, -0.2) is 46.2 Å². The molecule has 0 bridgehead atoms. The Morgan fingerprint density at radius 3 is 2.83 bits per heavy atom. The Morgan fingerprint density at radius 1 is 1.42 bits per heavy atom. The standard InChI is InChI=1S/C16H24N4O3S/c1-11(2)8-20-15(13-6-5-7-23-13)18-19-16(20)24-10-14(21)17-12(3)9-22-4/h5-7,11-12H,8-10H2,1-4H3,(H,17,21). The first kappa shape index (κ1) is 18.5. The fourth-order valence-corrected chi connectivity index (χ4v) is 3.01. The molecule has 0 aliphatic rings. The molecule has 2 aromatic heterocycles. The van der Waals surface area contributed by atoms with Crippen molar-refractivity contribution in [2.75, 3.05) is 19.5 Å². The molecular formula is C16H24N4O3S. The zero-order valence-electron chi connectivity index (χ0n) is 14.5. The van der Waals surface area contributed by atoms with Gasteiger partial charge in [0.2, 0.25) is 5.91 Å². The van der Waals surface area contributed by atoms with E-state index in [9.17, 15) is 4.79 Å². The molecule has 0 aromatic carbocycles. The van der Waals surface area contributed by atoms with Crippen molar-refractivity contribution in [2.45, 2.75) is 38.5 Å². The van der Waals surface area contributed by atoms with Crippen LogP contribution in [0.3, 0.4) is 0 Å². The molecule has 0 fully saturated rings. The monoisotopic (exact) mass is 352 g/mol. The Labute approximate surface area is 146 Å². The zero-order valence-corrected chi connectivity index (χ0v) is 15.3. The summed E-state index contributed by atoms with van der Waals surface area (Å²) >= 11 is 1.37. The lowest BCUT2D eigenvalue weighted by Gasteiger charge is -2.13. The van der Waals surface area contributed by atoms with Gasteiger partial charge in [0.25, 0.3) is 0 Å². The number of rotatable bonds is 9. The number of methoxy groups -OCH3 is 1. The summed E-state index contributed by atoms with van der Waals surface area (Å²) in [7, 11) is 1.61. The number of nitrogens with zero attached hydrogens (tertiary/aromatic N) is 3. The number of hydrogen-bond donors (Lipinski definition) is 1. The van der Waals surface area contributed by atoms with E-state index in [1.165, 1.54) is 11.8 Å². The highest BCUT2D eigenvalue weighted by Gasteiger charge is 2.18. The Hall–Kier alpha value is -1.80. The molecule has 2 heterocycles. The predicted molar refractivity (Wildman–Crippen MR) is 92.8 cm³/mol. The topological polar surface area (TPSA) is 82.2 Å². The summed E-state index contributed by atoms with van der Waals surface area (Å²) in [6.07, 6.45) is 1.61. The van der Waals surface area contributed by atoms with Crippen molar-refractivity contribution in [2.24, 2.45) is 5.92 Å². The number of nitrogens with one attached hydrogen (secondary N) is 1. The maximum Gasteiger partial charge on any atom is 0.230 e. The van der Waals surface area contributed by atoms with Crippen LogP contribution in [0.4, 0.5) is 0 Å². The first-order valence-electron chi connectivity index (χ1n) is 7.89. The van der Waals surface area contributed by atoms with Crippen LogP contribution in [0.25, 0.3) is 11.6 Å². The quantitative estimate of drug-likeness (QED) is 0.698. The van der Waals surface area contributed by atoms with Crippen molar-refractivity contribution >= 4 is 17.7 Å². The average molecular weight is 352 g/mol. The summed E-state index contributed by atoms with van der Waals surface area (Å²) in [5, 5.41) is 12.0. The second-order valence-corrected chi connectivity index (χ2v) is 6.94. The van der Waals surface area contributed by atoms with Gasteiger partial charge in [0.05, 0.1) is 18.6 Å². The highest BCUT2D eigenvalue weighted by Crippen LogP contribution is 2.25. The number of aromatic nitrogens is 3. The fraction of sp³-hybridized carbons (Fsp3) is 0.562. The van der Waals surface area contributed by atoms with Crippen molar-refractivity contribution in [3.63, 3.8) is 0 Å². The summed E-state index contributed by atoms with van der Waals surface area (Å²) in [5.74, 6) is 2.01. The van der Waals surface area contributed by atoms with Crippen LogP contribution >= 0.6 is 11.8 Å². The number of carbonyl (C=O) groups is 1. The van der Waals surface area contributed by atoms with Gasteiger partial charge in [-0.2, -0.15) is 0 Å². The molecule has 1 unspecified atom stereocenters. The number of hydrogen-bond acceptors (Lipinski definition) is 6. The van der Waals surface area contributed by atoms with Crippen LogP contribution in [0, 0.1) is 5.92 Å². The second kappa shape index (κ2) is 8.89. The van der Waals surface area contributed by atoms with Crippen molar-refractivity contribution < 1.29 is 13.9 Å². The van der Waals surface area contributed by atoms with Gasteiger partial charge in [-0.3, -0.25) is 9.36 Å². The third-order valence-corrected chi connectivity index (χ3v) is 4.13. The molecule has 0 aliphatic carbocycles. The van der Waals surface area contributed by atoms with Crippen LogP contribution in [0.1, 0.15) is 20.8 Å². The maximum atomic E-state index is 12.0. The lowest BCUT2D eigenvalue weighted by molar-refractivity contribution is -0.119. The summed E-state index contributed by atoms with van der Waals surface area (Å²) < 4.78 is 12.5. The van der Waals surface area contributed by atoms with Gasteiger partial charge in [0.1, 0.15) is 0 Å². The van der Waals surface area contributed by atoms with E-state index < -0.39 is 0 Å². The number of carbonyl (C=O) groups excluding carboxylic acids is 1. The molecule has 1 N–H and O–H groups in total. The van der Waals surface area contributed by atoms with E-state index in [1.54, 1.807) is 13.4 Å². The summed E-state index contributed by atoms with van der Waals surface area (Å²) in [6.45, 7) is 7.40. The normalized spacial score (nSPS) is 12.5. The predicted octanol–water partition coefficient (Wildman–Crippen LogP) is 2.44. The van der Waals surface area contributed by atoms with E-state index in [2.05, 4.69) is 29.4 Å². The smallest absolute Gasteiger partial charge is 0.230 e. The Balaban J connectivity index is 2.06. The molecule has 24 heavy (non-hydrogen) atoms. The second-order valence-electron chi connectivity index (χ2n) is 6.00. The van der Waals surface area contributed by atoms with E-state index in [4.69, 9.17) is 9.15 Å². The summed E-state index contributed by atoms with van der Waals surface area (Å²) in [4.78, 5) is 12.0. The minimum atomic E-state index is -0.0526. The van der Waals surface area contributed by atoms with E-state index in [1.807, 2.05) is 23.6 Å². The Morgan fingerprint density at radius 2 is 2.21 bits per heavy atom. The van der Waals surface area contributed by atoms with Gasteiger partial charge in [-0.15, -0.1) is 10.2 Å². The van der Waals surface area contributed by atoms with Crippen molar-refractivity contribution in [1.29, 1.82) is 0 Å². The molecule has 0 saturated carbocycles. The highest BCUT2D eigenvalue weighted by atomic mass is 32.2. The minimum absolute atomic E-state index is 0.0182. The molecule has 0 aliphatic heterocycles. The lowest BCUT2D eigenvalue weighted by Crippen LogP contribution is -2.36. The first-order chi connectivity index (χ1) is 11.5. The molecule has 8 heteroatoms. The van der Waals surface area contributed by atoms with Crippen LogP contribution in [0.2, 0.25) is 0 Å². The van der Waals surface area contributed by atoms with Crippen molar-refractivity contribution in [3.8, 4) is 11.6 Å². The number of thioether (sulfide) groups is 1. The molecular weight excluding hydrogens is 328 g/mol. The van der Waals surface area contributed by atoms with Crippen LogP contribution in [0.15, 0.2) is 28.0 Å². The third kappa shape index (κ3) is 5.10. The van der Waals surface area contributed by atoms with Crippen LogP contribution < -0.4 is 5.32 Å². The number of ether oxygens (including phenoxy) is 1. The van der Waals surface area contributed by atoms with Crippen molar-refractivity contribution in [1.82, 2.24) is 20.1 Å². The van der Waals surface area contributed by atoms with Gasteiger partial charge in [0.15, 0.2) is 16.7 Å². The maximum absolute atomic E-state index is 12.0. The number of furan rings is 1. The molecule has 1 atom stereocenters. The molecule has 0 spiro atoms. The van der Waals surface area contributed by atoms with Crippen LogP contribution in [-0.2, 0) is 16.1 Å². The molecule has 2 aromatic rings. The largest absolute Gasteiger partial charge is 0.461 e. The Kier molecular flexibility index (Phi) is 6.86. The Bertz CT molecular complexity index is 640. The fourth-order valence-electron chi connectivity index (χ4n) is 2.25.